The third-order valence-electron chi connectivity index (χ3n) is 3.36. The highest BCUT2D eigenvalue weighted by Gasteiger charge is 2.42. The molecule has 0 amide bonds. The lowest BCUT2D eigenvalue weighted by atomic mass is 9.98. The van der Waals surface area contributed by atoms with Gasteiger partial charge in [-0.25, -0.2) is 9.97 Å². The second-order valence-electron chi connectivity index (χ2n) is 4.54. The normalized spacial score (nSPS) is 17.9. The van der Waals surface area contributed by atoms with Gasteiger partial charge in [0.25, 0.3) is 0 Å². The van der Waals surface area contributed by atoms with Crippen LogP contribution < -0.4 is 0 Å². The molecule has 0 aliphatic heterocycles. The smallest absolute Gasteiger partial charge is 0.142 e. The van der Waals surface area contributed by atoms with Crippen LogP contribution in [0.15, 0.2) is 12.5 Å². The second-order valence-corrected chi connectivity index (χ2v) is 4.89. The van der Waals surface area contributed by atoms with Gasteiger partial charge in [0.15, 0.2) is 0 Å². The van der Waals surface area contributed by atoms with Crippen LogP contribution in [-0.2, 0) is 6.42 Å². The second kappa shape index (κ2) is 3.43. The Kier molecular flexibility index (Phi) is 2.16. The summed E-state index contributed by atoms with van der Waals surface area (Å²) in [7, 11) is 0. The molecule has 0 atom stereocenters. The van der Waals surface area contributed by atoms with Gasteiger partial charge in [0, 0.05) is 12.8 Å². The van der Waals surface area contributed by atoms with Crippen molar-refractivity contribution in [3.8, 4) is 0 Å². The molecule has 0 radical (unpaired) electrons. The molecule has 84 valence electrons. The van der Waals surface area contributed by atoms with Gasteiger partial charge in [-0.1, -0.05) is 11.6 Å². The molecule has 0 unspecified atom stereocenters. The fraction of sp³-hybridized carbons (Fsp3) is 0.455. The maximum Gasteiger partial charge on any atom is 0.142 e. The van der Waals surface area contributed by atoms with Gasteiger partial charge < -0.3 is 10.1 Å². The number of H-pyrrole nitrogens is 1. The minimum atomic E-state index is 0.0777. The number of aromatic nitrogens is 3. The maximum absolute atomic E-state index is 9.32. The van der Waals surface area contributed by atoms with Crippen molar-refractivity contribution in [1.82, 2.24) is 15.0 Å². The lowest BCUT2D eigenvalue weighted by Gasteiger charge is -2.10. The number of aromatic amines is 1. The predicted octanol–water partition coefficient (Wildman–Crippen LogP) is 1.93. The van der Waals surface area contributed by atoms with Gasteiger partial charge in [-0.15, -0.1) is 0 Å². The molecule has 1 aliphatic carbocycles. The number of fused-ring (bicyclic) bond motifs is 1. The first-order valence-corrected chi connectivity index (χ1v) is 5.69. The van der Waals surface area contributed by atoms with Crippen LogP contribution in [0.3, 0.4) is 0 Å². The molecule has 2 aromatic heterocycles. The van der Waals surface area contributed by atoms with Crippen molar-refractivity contribution in [2.75, 3.05) is 6.61 Å². The SMILES string of the molecule is OCC1(Cc2c[nH]c3ncnc(Cl)c23)CC1. The summed E-state index contributed by atoms with van der Waals surface area (Å²) >= 11 is 6.06. The third kappa shape index (κ3) is 1.49. The zero-order valence-corrected chi connectivity index (χ0v) is 9.46. The predicted molar refractivity (Wildman–Crippen MR) is 61.4 cm³/mol. The Labute approximate surface area is 97.7 Å². The number of hydrogen-bond donors (Lipinski definition) is 2. The molecule has 0 spiro atoms. The average molecular weight is 238 g/mol. The standard InChI is InChI=1S/C11H12ClN3O/c12-9-8-7(3-11(5-16)1-2-11)4-13-10(8)15-6-14-9/h4,6,16H,1-3,5H2,(H,13,14,15). The first-order chi connectivity index (χ1) is 7.74. The average Bonchev–Trinajstić information content (AvgIpc) is 2.94. The third-order valence-corrected chi connectivity index (χ3v) is 3.65. The number of aliphatic hydroxyl groups excluding tert-OH is 1. The summed E-state index contributed by atoms with van der Waals surface area (Å²) in [6.07, 6.45) is 6.38. The topological polar surface area (TPSA) is 61.8 Å². The van der Waals surface area contributed by atoms with Crippen LogP contribution in [0.1, 0.15) is 18.4 Å². The number of aliphatic hydroxyl groups is 1. The molecule has 1 fully saturated rings. The lowest BCUT2D eigenvalue weighted by molar-refractivity contribution is 0.211. The Bertz CT molecular complexity index is 533. The molecule has 16 heavy (non-hydrogen) atoms. The first kappa shape index (κ1) is 10.1. The summed E-state index contributed by atoms with van der Waals surface area (Å²) < 4.78 is 0. The number of hydrogen-bond acceptors (Lipinski definition) is 3. The van der Waals surface area contributed by atoms with Gasteiger partial charge in [-0.05, 0) is 30.2 Å². The van der Waals surface area contributed by atoms with E-state index < -0.39 is 0 Å². The van der Waals surface area contributed by atoms with Crippen molar-refractivity contribution in [2.24, 2.45) is 5.41 Å². The first-order valence-electron chi connectivity index (χ1n) is 5.31. The molecule has 0 saturated heterocycles. The van der Waals surface area contributed by atoms with Crippen LogP contribution in [0.2, 0.25) is 5.15 Å². The zero-order valence-electron chi connectivity index (χ0n) is 8.70. The van der Waals surface area contributed by atoms with Crippen molar-refractivity contribution >= 4 is 22.6 Å². The van der Waals surface area contributed by atoms with Crippen molar-refractivity contribution in [3.63, 3.8) is 0 Å². The van der Waals surface area contributed by atoms with Gasteiger partial charge in [0.1, 0.15) is 17.1 Å². The van der Waals surface area contributed by atoms with Crippen LogP contribution >= 0.6 is 11.6 Å². The molecular weight excluding hydrogens is 226 g/mol. The Hall–Kier alpha value is -1.13. The molecule has 0 aromatic carbocycles. The number of halogens is 1. The molecule has 2 aromatic rings. The van der Waals surface area contributed by atoms with E-state index in [1.165, 1.54) is 6.33 Å². The zero-order chi connectivity index (χ0) is 11.2. The molecule has 4 nitrogen and oxygen atoms in total. The fourth-order valence-electron chi connectivity index (χ4n) is 2.10. The molecule has 2 N–H and O–H groups in total. The van der Waals surface area contributed by atoms with Gasteiger partial charge in [-0.3, -0.25) is 0 Å². The van der Waals surface area contributed by atoms with Crippen molar-refractivity contribution in [2.45, 2.75) is 19.3 Å². The van der Waals surface area contributed by atoms with E-state index in [1.54, 1.807) is 0 Å². The molecule has 1 saturated carbocycles. The van der Waals surface area contributed by atoms with E-state index in [2.05, 4.69) is 15.0 Å². The van der Waals surface area contributed by atoms with Crippen LogP contribution in [0.5, 0.6) is 0 Å². The molecule has 0 bridgehead atoms. The Morgan fingerprint density at radius 3 is 2.94 bits per heavy atom. The summed E-state index contributed by atoms with van der Waals surface area (Å²) in [6.45, 7) is 0.241. The molecular formula is C11H12ClN3O. The number of rotatable bonds is 3. The largest absolute Gasteiger partial charge is 0.396 e. The van der Waals surface area contributed by atoms with Gasteiger partial charge in [-0.2, -0.15) is 0 Å². The van der Waals surface area contributed by atoms with Crippen LogP contribution in [-0.4, -0.2) is 26.7 Å². The Morgan fingerprint density at radius 2 is 2.25 bits per heavy atom. The molecule has 3 rings (SSSR count). The summed E-state index contributed by atoms with van der Waals surface area (Å²) in [5.41, 5.74) is 1.95. The minimum Gasteiger partial charge on any atom is -0.396 e. The van der Waals surface area contributed by atoms with Crippen molar-refractivity contribution in [3.05, 3.63) is 23.2 Å². The monoisotopic (exact) mass is 237 g/mol. The van der Waals surface area contributed by atoms with Crippen LogP contribution in [0, 0.1) is 5.41 Å². The van der Waals surface area contributed by atoms with Gasteiger partial charge >= 0.3 is 0 Å². The lowest BCUT2D eigenvalue weighted by Crippen LogP contribution is -2.09. The summed E-state index contributed by atoms with van der Waals surface area (Å²) in [5.74, 6) is 0. The van der Waals surface area contributed by atoms with E-state index in [9.17, 15) is 5.11 Å². The highest BCUT2D eigenvalue weighted by Crippen LogP contribution is 2.48. The molecule has 1 aliphatic rings. The Balaban J connectivity index is 2.04. The fourth-order valence-corrected chi connectivity index (χ4v) is 2.35. The van der Waals surface area contributed by atoms with Crippen LogP contribution in [0.4, 0.5) is 0 Å². The molecule has 2 heterocycles. The minimum absolute atomic E-state index is 0.0777. The van der Waals surface area contributed by atoms with Gasteiger partial charge in [0.2, 0.25) is 0 Å². The summed E-state index contributed by atoms with van der Waals surface area (Å²) in [4.78, 5) is 11.2. The molecule has 5 heteroatoms. The van der Waals surface area contributed by atoms with E-state index in [1.807, 2.05) is 6.20 Å². The van der Waals surface area contributed by atoms with Crippen LogP contribution in [0.25, 0.3) is 11.0 Å². The van der Waals surface area contributed by atoms with Gasteiger partial charge in [0.05, 0.1) is 5.39 Å². The highest BCUT2D eigenvalue weighted by atomic mass is 35.5. The summed E-state index contributed by atoms with van der Waals surface area (Å²) in [6, 6.07) is 0. The van der Waals surface area contributed by atoms with E-state index in [0.717, 1.165) is 35.9 Å². The van der Waals surface area contributed by atoms with E-state index in [-0.39, 0.29) is 12.0 Å². The maximum atomic E-state index is 9.32. The number of nitrogens with one attached hydrogen (secondary N) is 1. The van der Waals surface area contributed by atoms with E-state index >= 15 is 0 Å². The van der Waals surface area contributed by atoms with Crippen molar-refractivity contribution < 1.29 is 5.11 Å². The number of nitrogens with zero attached hydrogens (tertiary/aromatic N) is 2. The summed E-state index contributed by atoms with van der Waals surface area (Å²) in [5, 5.41) is 10.7. The quantitative estimate of drug-likeness (QED) is 0.802. The van der Waals surface area contributed by atoms with E-state index in [0.29, 0.717) is 5.15 Å². The van der Waals surface area contributed by atoms with Crippen molar-refractivity contribution in [1.29, 1.82) is 0 Å². The van der Waals surface area contributed by atoms with E-state index in [4.69, 9.17) is 11.6 Å². The Morgan fingerprint density at radius 1 is 1.44 bits per heavy atom. The highest BCUT2D eigenvalue weighted by molar-refractivity contribution is 6.34.